The summed E-state index contributed by atoms with van der Waals surface area (Å²) in [5, 5.41) is 0. The first kappa shape index (κ1) is 11.5. The van der Waals surface area contributed by atoms with Gasteiger partial charge < -0.3 is 0 Å². The van der Waals surface area contributed by atoms with E-state index in [0.717, 1.165) is 5.56 Å². The molecule has 0 atom stereocenters. The van der Waals surface area contributed by atoms with Crippen molar-refractivity contribution in [3.05, 3.63) is 29.8 Å². The van der Waals surface area contributed by atoms with Gasteiger partial charge in [0.25, 0.3) is 0 Å². The van der Waals surface area contributed by atoms with Crippen LogP contribution >= 0.6 is 0 Å². The van der Waals surface area contributed by atoms with Gasteiger partial charge in [-0.2, -0.15) is 4.99 Å². The highest BCUT2D eigenvalue weighted by Crippen LogP contribution is 2.16. The zero-order chi connectivity index (χ0) is 11.3. The van der Waals surface area contributed by atoms with Gasteiger partial charge in [-0.15, -0.1) is 5.54 Å². The second-order valence-electron chi connectivity index (χ2n) is 4.22. The molecule has 1 aromatic rings. The van der Waals surface area contributed by atoms with Crippen molar-refractivity contribution in [2.24, 2.45) is 4.99 Å². The van der Waals surface area contributed by atoms with Crippen molar-refractivity contribution in [3.63, 3.8) is 0 Å². The summed E-state index contributed by atoms with van der Waals surface area (Å²) in [5.41, 5.74) is 4.63. The normalized spacial score (nSPS) is 9.80. The summed E-state index contributed by atoms with van der Waals surface area (Å²) in [6.07, 6.45) is 1.54. The Hall–Kier alpha value is -1.62. The number of benzene rings is 1. The van der Waals surface area contributed by atoms with Crippen LogP contribution in [0.15, 0.2) is 29.3 Å². The highest BCUT2D eigenvalue weighted by atomic mass is 28.3. The van der Waals surface area contributed by atoms with E-state index in [0.29, 0.717) is 5.69 Å². The van der Waals surface area contributed by atoms with Gasteiger partial charge in [0, 0.05) is 0 Å². The van der Waals surface area contributed by atoms with E-state index in [1.807, 2.05) is 18.2 Å². The van der Waals surface area contributed by atoms with Gasteiger partial charge in [-0.1, -0.05) is 37.7 Å². The molecular formula is C12H13NOSi. The van der Waals surface area contributed by atoms with E-state index in [-0.39, 0.29) is 0 Å². The predicted octanol–water partition coefficient (Wildman–Crippen LogP) is 2.88. The van der Waals surface area contributed by atoms with Gasteiger partial charge in [0.1, 0.15) is 8.07 Å². The molecule has 1 aromatic carbocycles. The molecule has 0 bridgehead atoms. The van der Waals surface area contributed by atoms with Crippen molar-refractivity contribution >= 4 is 19.8 Å². The first-order valence-electron chi connectivity index (χ1n) is 4.73. The molecule has 0 amide bonds. The average molecular weight is 215 g/mol. The third-order valence-electron chi connectivity index (χ3n) is 1.64. The molecule has 0 aromatic heterocycles. The molecule has 0 aliphatic rings. The van der Waals surface area contributed by atoms with E-state index in [9.17, 15) is 4.79 Å². The zero-order valence-corrected chi connectivity index (χ0v) is 10.2. The molecule has 76 valence electrons. The molecule has 0 fully saturated rings. The lowest BCUT2D eigenvalue weighted by atomic mass is 10.2. The molecule has 0 spiro atoms. The van der Waals surface area contributed by atoms with E-state index >= 15 is 0 Å². The van der Waals surface area contributed by atoms with Crippen LogP contribution in [0.2, 0.25) is 19.6 Å². The molecule has 0 aliphatic heterocycles. The van der Waals surface area contributed by atoms with Crippen molar-refractivity contribution in [1.29, 1.82) is 0 Å². The lowest BCUT2D eigenvalue weighted by Crippen LogP contribution is -2.16. The van der Waals surface area contributed by atoms with Crippen molar-refractivity contribution in [3.8, 4) is 11.5 Å². The lowest BCUT2D eigenvalue weighted by Gasteiger charge is -2.03. The summed E-state index contributed by atoms with van der Waals surface area (Å²) in [4.78, 5) is 13.8. The van der Waals surface area contributed by atoms with E-state index in [1.165, 1.54) is 0 Å². The van der Waals surface area contributed by atoms with Crippen molar-refractivity contribution in [1.82, 2.24) is 0 Å². The number of aliphatic imine (C=N–C) groups is 1. The molecule has 15 heavy (non-hydrogen) atoms. The fourth-order valence-corrected chi connectivity index (χ4v) is 1.49. The summed E-state index contributed by atoms with van der Waals surface area (Å²) in [7, 11) is -1.39. The summed E-state index contributed by atoms with van der Waals surface area (Å²) >= 11 is 0. The van der Waals surface area contributed by atoms with Crippen molar-refractivity contribution in [2.45, 2.75) is 19.6 Å². The Morgan fingerprint density at radius 1 is 1.20 bits per heavy atom. The molecule has 0 saturated heterocycles. The summed E-state index contributed by atoms with van der Waals surface area (Å²) in [6, 6.07) is 7.34. The van der Waals surface area contributed by atoms with Crippen LogP contribution in [0.3, 0.4) is 0 Å². The monoisotopic (exact) mass is 215 g/mol. The number of para-hydroxylation sites is 1. The SMILES string of the molecule is C[Si](C)(C)C#Cc1ccccc1N=C=O. The molecule has 2 nitrogen and oxygen atoms in total. The van der Waals surface area contributed by atoms with Crippen LogP contribution in [0.5, 0.6) is 0 Å². The second kappa shape index (κ2) is 4.74. The van der Waals surface area contributed by atoms with Crippen LogP contribution in [0.4, 0.5) is 5.69 Å². The van der Waals surface area contributed by atoms with Gasteiger partial charge in [-0.25, -0.2) is 4.79 Å². The Morgan fingerprint density at radius 2 is 1.87 bits per heavy atom. The quantitative estimate of drug-likeness (QED) is 0.306. The summed E-state index contributed by atoms with van der Waals surface area (Å²) in [6.45, 7) is 6.52. The van der Waals surface area contributed by atoms with Gasteiger partial charge in [-0.05, 0) is 12.1 Å². The Bertz CT molecular complexity index is 456. The van der Waals surface area contributed by atoms with Crippen LogP contribution in [0.1, 0.15) is 5.56 Å². The first-order chi connectivity index (χ1) is 7.03. The highest BCUT2D eigenvalue weighted by Gasteiger charge is 2.07. The minimum absolute atomic E-state index is 0.596. The van der Waals surface area contributed by atoms with Gasteiger partial charge in [0.15, 0.2) is 0 Å². The lowest BCUT2D eigenvalue weighted by molar-refractivity contribution is 0.565. The molecule has 0 N–H and O–H groups in total. The molecule has 1 rings (SSSR count). The van der Waals surface area contributed by atoms with E-state index in [4.69, 9.17) is 0 Å². The minimum Gasteiger partial charge on any atom is -0.211 e. The third kappa shape index (κ3) is 3.95. The van der Waals surface area contributed by atoms with Crippen LogP contribution in [0.25, 0.3) is 0 Å². The largest absolute Gasteiger partial charge is 0.240 e. The van der Waals surface area contributed by atoms with Gasteiger partial charge in [0.05, 0.1) is 11.3 Å². The van der Waals surface area contributed by atoms with Crippen molar-refractivity contribution in [2.75, 3.05) is 0 Å². The van der Waals surface area contributed by atoms with Gasteiger partial charge >= 0.3 is 0 Å². The molecule has 0 heterocycles. The fourth-order valence-electron chi connectivity index (χ4n) is 0.981. The molecular weight excluding hydrogens is 202 g/mol. The van der Waals surface area contributed by atoms with Crippen LogP contribution in [-0.2, 0) is 4.79 Å². The smallest absolute Gasteiger partial charge is 0.211 e. The Kier molecular flexibility index (Phi) is 3.62. The molecule has 3 heteroatoms. The number of rotatable bonds is 1. The van der Waals surface area contributed by atoms with Crippen LogP contribution in [-0.4, -0.2) is 14.2 Å². The zero-order valence-electron chi connectivity index (χ0n) is 9.16. The van der Waals surface area contributed by atoms with Crippen molar-refractivity contribution < 1.29 is 4.79 Å². The van der Waals surface area contributed by atoms with E-state index in [2.05, 4.69) is 36.1 Å². The maximum absolute atomic E-state index is 10.2. The molecule has 0 aliphatic carbocycles. The van der Waals surface area contributed by atoms with Crippen LogP contribution in [0, 0.1) is 11.5 Å². The number of hydrogen-bond acceptors (Lipinski definition) is 2. The number of nitrogens with zero attached hydrogens (tertiary/aromatic N) is 1. The minimum atomic E-state index is -1.39. The van der Waals surface area contributed by atoms with E-state index in [1.54, 1.807) is 12.1 Å². The predicted molar refractivity (Wildman–Crippen MR) is 64.4 cm³/mol. The number of hydrogen-bond donors (Lipinski definition) is 0. The molecule has 0 radical (unpaired) electrons. The van der Waals surface area contributed by atoms with Gasteiger partial charge in [-0.3, -0.25) is 0 Å². The number of carbonyl (C=O) groups excluding carboxylic acids is 1. The average Bonchev–Trinajstić information content (AvgIpc) is 2.16. The topological polar surface area (TPSA) is 29.4 Å². The maximum Gasteiger partial charge on any atom is 0.240 e. The van der Waals surface area contributed by atoms with Crippen LogP contribution < -0.4 is 0 Å². The standard InChI is InChI=1S/C12H13NOSi/c1-15(2,3)9-8-11-6-4-5-7-12(11)13-10-14/h4-7H,1-3H3. The Morgan fingerprint density at radius 3 is 2.47 bits per heavy atom. The second-order valence-corrected chi connectivity index (χ2v) is 8.97. The Balaban J connectivity index is 3.13. The summed E-state index contributed by atoms with van der Waals surface area (Å²) in [5.74, 6) is 3.08. The highest BCUT2D eigenvalue weighted by molar-refractivity contribution is 6.83. The fraction of sp³-hybridized carbons (Fsp3) is 0.250. The first-order valence-corrected chi connectivity index (χ1v) is 8.23. The molecule has 0 saturated carbocycles. The third-order valence-corrected chi connectivity index (χ3v) is 2.52. The van der Waals surface area contributed by atoms with E-state index < -0.39 is 8.07 Å². The number of isocyanates is 1. The summed E-state index contributed by atoms with van der Waals surface area (Å²) < 4.78 is 0. The Labute approximate surface area is 91.1 Å². The van der Waals surface area contributed by atoms with Gasteiger partial charge in [0.2, 0.25) is 6.08 Å². The maximum atomic E-state index is 10.2. The molecule has 0 unspecified atom stereocenters.